The fourth-order valence-corrected chi connectivity index (χ4v) is 2.08. The summed E-state index contributed by atoms with van der Waals surface area (Å²) in [5, 5.41) is 2.24. The van der Waals surface area contributed by atoms with E-state index >= 15 is 0 Å². The minimum Gasteiger partial charge on any atom is -0.459 e. The van der Waals surface area contributed by atoms with Crippen LogP contribution in [0.3, 0.4) is 0 Å². The quantitative estimate of drug-likeness (QED) is 0.743. The SMILES string of the molecule is CC(N)c1ccc(-c2cccc3cnccc23)o1. The van der Waals surface area contributed by atoms with Crippen molar-refractivity contribution < 1.29 is 4.42 Å². The molecule has 2 heterocycles. The molecule has 90 valence electrons. The predicted octanol–water partition coefficient (Wildman–Crippen LogP) is 3.51. The van der Waals surface area contributed by atoms with Crippen molar-refractivity contribution in [2.75, 3.05) is 0 Å². The third-order valence-electron chi connectivity index (χ3n) is 3.02. The number of nitrogens with two attached hydrogens (primary N) is 1. The summed E-state index contributed by atoms with van der Waals surface area (Å²) in [6.07, 6.45) is 3.65. The molecule has 0 fully saturated rings. The second-order valence-corrected chi connectivity index (χ2v) is 4.39. The van der Waals surface area contributed by atoms with Crippen LogP contribution in [0.2, 0.25) is 0 Å². The summed E-state index contributed by atoms with van der Waals surface area (Å²) in [6.45, 7) is 1.91. The minimum absolute atomic E-state index is 0.0876. The Labute approximate surface area is 105 Å². The molecule has 0 radical (unpaired) electrons. The van der Waals surface area contributed by atoms with Crippen LogP contribution in [-0.4, -0.2) is 4.98 Å². The zero-order chi connectivity index (χ0) is 12.5. The van der Waals surface area contributed by atoms with E-state index < -0.39 is 0 Å². The molecule has 0 spiro atoms. The first kappa shape index (κ1) is 11.0. The maximum absolute atomic E-state index is 5.81. The summed E-state index contributed by atoms with van der Waals surface area (Å²) in [5.74, 6) is 1.65. The molecular formula is C15H14N2O. The van der Waals surface area contributed by atoms with Gasteiger partial charge in [-0.1, -0.05) is 18.2 Å². The summed E-state index contributed by atoms with van der Waals surface area (Å²) in [5.41, 5.74) is 6.89. The van der Waals surface area contributed by atoms with Crippen LogP contribution < -0.4 is 5.73 Å². The Balaban J connectivity index is 2.18. The molecule has 0 aliphatic rings. The molecule has 0 aliphatic heterocycles. The summed E-state index contributed by atoms with van der Waals surface area (Å²) in [4.78, 5) is 4.13. The fourth-order valence-electron chi connectivity index (χ4n) is 2.08. The lowest BCUT2D eigenvalue weighted by molar-refractivity contribution is 0.491. The topological polar surface area (TPSA) is 52.0 Å². The molecule has 1 unspecified atom stereocenters. The third-order valence-corrected chi connectivity index (χ3v) is 3.02. The second-order valence-electron chi connectivity index (χ2n) is 4.39. The molecule has 0 saturated carbocycles. The first-order valence-electron chi connectivity index (χ1n) is 5.94. The lowest BCUT2D eigenvalue weighted by Crippen LogP contribution is -2.02. The van der Waals surface area contributed by atoms with E-state index in [2.05, 4.69) is 4.98 Å². The van der Waals surface area contributed by atoms with Crippen LogP contribution in [0.5, 0.6) is 0 Å². The summed E-state index contributed by atoms with van der Waals surface area (Å²) in [6, 6.07) is 11.9. The molecule has 2 aromatic heterocycles. The van der Waals surface area contributed by atoms with Crippen molar-refractivity contribution in [2.24, 2.45) is 5.73 Å². The molecular weight excluding hydrogens is 224 g/mol. The monoisotopic (exact) mass is 238 g/mol. The van der Waals surface area contributed by atoms with Crippen LogP contribution in [0.4, 0.5) is 0 Å². The van der Waals surface area contributed by atoms with Gasteiger partial charge in [-0.3, -0.25) is 4.98 Å². The van der Waals surface area contributed by atoms with Crippen molar-refractivity contribution in [3.8, 4) is 11.3 Å². The first-order valence-corrected chi connectivity index (χ1v) is 5.94. The Bertz CT molecular complexity index is 680. The van der Waals surface area contributed by atoms with Crippen molar-refractivity contribution in [2.45, 2.75) is 13.0 Å². The highest BCUT2D eigenvalue weighted by molar-refractivity contribution is 5.94. The Morgan fingerprint density at radius 3 is 2.83 bits per heavy atom. The van der Waals surface area contributed by atoms with Gasteiger partial charge in [0.15, 0.2) is 0 Å². The lowest BCUT2D eigenvalue weighted by atomic mass is 10.1. The minimum atomic E-state index is -0.0876. The molecule has 1 aromatic carbocycles. The van der Waals surface area contributed by atoms with E-state index in [0.29, 0.717) is 0 Å². The van der Waals surface area contributed by atoms with Gasteiger partial charge in [-0.2, -0.15) is 0 Å². The van der Waals surface area contributed by atoms with E-state index in [9.17, 15) is 0 Å². The highest BCUT2D eigenvalue weighted by atomic mass is 16.3. The van der Waals surface area contributed by atoms with Crippen molar-refractivity contribution in [3.05, 3.63) is 54.6 Å². The predicted molar refractivity (Wildman–Crippen MR) is 72.0 cm³/mol. The largest absolute Gasteiger partial charge is 0.459 e. The van der Waals surface area contributed by atoms with Gasteiger partial charge < -0.3 is 10.2 Å². The average molecular weight is 238 g/mol. The normalized spacial score (nSPS) is 12.8. The van der Waals surface area contributed by atoms with Gasteiger partial charge in [0.25, 0.3) is 0 Å². The molecule has 3 aromatic rings. The Kier molecular flexibility index (Phi) is 2.61. The van der Waals surface area contributed by atoms with Gasteiger partial charge >= 0.3 is 0 Å². The number of aromatic nitrogens is 1. The third kappa shape index (κ3) is 1.79. The number of pyridine rings is 1. The molecule has 0 saturated heterocycles. The van der Waals surface area contributed by atoms with Gasteiger partial charge in [0.2, 0.25) is 0 Å². The van der Waals surface area contributed by atoms with E-state index in [1.807, 2.05) is 49.5 Å². The van der Waals surface area contributed by atoms with Gasteiger partial charge in [0, 0.05) is 23.3 Å². The van der Waals surface area contributed by atoms with Crippen LogP contribution in [0, 0.1) is 0 Å². The van der Waals surface area contributed by atoms with E-state index in [-0.39, 0.29) is 6.04 Å². The molecule has 0 amide bonds. The van der Waals surface area contributed by atoms with Gasteiger partial charge in [0.05, 0.1) is 6.04 Å². The number of furan rings is 1. The summed E-state index contributed by atoms with van der Waals surface area (Å²) in [7, 11) is 0. The zero-order valence-corrected chi connectivity index (χ0v) is 10.1. The van der Waals surface area contributed by atoms with Gasteiger partial charge in [-0.25, -0.2) is 0 Å². The standard InChI is InChI=1S/C15H14N2O/c1-10(16)14-5-6-15(18-14)13-4-2-3-11-9-17-8-7-12(11)13/h2-10H,16H2,1H3. The van der Waals surface area contributed by atoms with Crippen LogP contribution in [0.25, 0.3) is 22.1 Å². The van der Waals surface area contributed by atoms with Crippen molar-refractivity contribution in [1.82, 2.24) is 4.98 Å². The Hall–Kier alpha value is -2.13. The van der Waals surface area contributed by atoms with E-state index in [1.165, 1.54) is 0 Å². The van der Waals surface area contributed by atoms with Gasteiger partial charge in [0.1, 0.15) is 11.5 Å². The van der Waals surface area contributed by atoms with Gasteiger partial charge in [-0.15, -0.1) is 0 Å². The second kappa shape index (κ2) is 4.27. The molecule has 1 atom stereocenters. The number of benzene rings is 1. The van der Waals surface area contributed by atoms with Crippen LogP contribution in [0.1, 0.15) is 18.7 Å². The van der Waals surface area contributed by atoms with Crippen LogP contribution >= 0.6 is 0 Å². The molecule has 0 aliphatic carbocycles. The highest BCUT2D eigenvalue weighted by Crippen LogP contribution is 2.30. The first-order chi connectivity index (χ1) is 8.75. The lowest BCUT2D eigenvalue weighted by Gasteiger charge is -2.04. The maximum atomic E-state index is 5.81. The fraction of sp³-hybridized carbons (Fsp3) is 0.133. The molecule has 0 bridgehead atoms. The molecule has 18 heavy (non-hydrogen) atoms. The molecule has 2 N–H and O–H groups in total. The number of hydrogen-bond acceptors (Lipinski definition) is 3. The number of nitrogens with zero attached hydrogens (tertiary/aromatic N) is 1. The number of hydrogen-bond donors (Lipinski definition) is 1. The van der Waals surface area contributed by atoms with Crippen molar-refractivity contribution in [3.63, 3.8) is 0 Å². The molecule has 3 heteroatoms. The Morgan fingerprint density at radius 1 is 1.17 bits per heavy atom. The number of rotatable bonds is 2. The summed E-state index contributed by atoms with van der Waals surface area (Å²) < 4.78 is 5.79. The van der Waals surface area contributed by atoms with Crippen LogP contribution in [0.15, 0.2) is 53.2 Å². The molecule has 3 rings (SSSR count). The highest BCUT2D eigenvalue weighted by Gasteiger charge is 2.10. The van der Waals surface area contributed by atoms with Gasteiger partial charge in [-0.05, 0) is 30.5 Å². The molecule has 3 nitrogen and oxygen atoms in total. The Morgan fingerprint density at radius 2 is 2.06 bits per heavy atom. The maximum Gasteiger partial charge on any atom is 0.134 e. The smallest absolute Gasteiger partial charge is 0.134 e. The van der Waals surface area contributed by atoms with Crippen LogP contribution in [-0.2, 0) is 0 Å². The average Bonchev–Trinajstić information content (AvgIpc) is 2.87. The van der Waals surface area contributed by atoms with E-state index in [4.69, 9.17) is 10.2 Å². The summed E-state index contributed by atoms with van der Waals surface area (Å²) >= 11 is 0. The van der Waals surface area contributed by atoms with Crippen molar-refractivity contribution >= 4 is 10.8 Å². The van der Waals surface area contributed by atoms with E-state index in [0.717, 1.165) is 27.9 Å². The number of fused-ring (bicyclic) bond motifs is 1. The van der Waals surface area contributed by atoms with Crippen molar-refractivity contribution in [1.29, 1.82) is 0 Å². The van der Waals surface area contributed by atoms with E-state index in [1.54, 1.807) is 6.20 Å². The zero-order valence-electron chi connectivity index (χ0n) is 10.1.